The number of esters is 1. The average Bonchev–Trinajstić information content (AvgIpc) is 3.33. The number of hydrogen-bond donors (Lipinski definition) is 1. The number of ether oxygens (including phenoxy) is 2. The van der Waals surface area contributed by atoms with Crippen LogP contribution in [0.25, 0.3) is 11.3 Å². The number of nitro groups is 1. The zero-order valence-electron chi connectivity index (χ0n) is 17.9. The van der Waals surface area contributed by atoms with Gasteiger partial charge in [-0.25, -0.2) is 9.78 Å². The molecule has 1 aromatic heterocycles. The molecule has 3 aromatic carbocycles. The van der Waals surface area contributed by atoms with Crippen molar-refractivity contribution in [2.45, 2.75) is 0 Å². The van der Waals surface area contributed by atoms with Crippen molar-refractivity contribution in [2.75, 3.05) is 12.5 Å². The van der Waals surface area contributed by atoms with Crippen LogP contribution < -0.4 is 10.2 Å². The maximum atomic E-state index is 12.1. The van der Waals surface area contributed by atoms with Gasteiger partial charge >= 0.3 is 5.97 Å². The third-order valence-electron chi connectivity index (χ3n) is 4.61. The van der Waals surface area contributed by atoms with E-state index in [1.807, 2.05) is 41.8 Å². The van der Waals surface area contributed by atoms with E-state index in [0.29, 0.717) is 10.9 Å². The van der Waals surface area contributed by atoms with Gasteiger partial charge in [0.25, 0.3) is 5.69 Å². The third kappa shape index (κ3) is 5.43. The van der Waals surface area contributed by atoms with Crippen LogP contribution in [0.15, 0.2) is 83.3 Å². The van der Waals surface area contributed by atoms with Crippen LogP contribution >= 0.6 is 11.3 Å². The van der Waals surface area contributed by atoms with Gasteiger partial charge in [0, 0.05) is 23.1 Å². The van der Waals surface area contributed by atoms with E-state index >= 15 is 0 Å². The largest absolute Gasteiger partial charge is 0.465 e. The molecule has 0 atom stereocenters. The van der Waals surface area contributed by atoms with E-state index in [-0.39, 0.29) is 17.0 Å². The summed E-state index contributed by atoms with van der Waals surface area (Å²) in [6.45, 7) is 0. The summed E-state index contributed by atoms with van der Waals surface area (Å²) in [5.74, 6) is -0.177. The van der Waals surface area contributed by atoms with Gasteiger partial charge < -0.3 is 9.47 Å². The van der Waals surface area contributed by atoms with Crippen LogP contribution in [0.3, 0.4) is 0 Å². The highest BCUT2D eigenvalue weighted by molar-refractivity contribution is 7.14. The second-order valence-corrected chi connectivity index (χ2v) is 7.74. The number of nitro benzene ring substituents is 1. The minimum absolute atomic E-state index is 0.0459. The van der Waals surface area contributed by atoms with Crippen molar-refractivity contribution in [1.82, 2.24) is 4.98 Å². The molecular weight excluding hydrogens is 456 g/mol. The fourth-order valence-electron chi connectivity index (χ4n) is 3.00. The summed E-state index contributed by atoms with van der Waals surface area (Å²) in [6.07, 6.45) is 1.60. The van der Waals surface area contributed by atoms with E-state index in [1.165, 1.54) is 30.6 Å². The molecule has 0 fully saturated rings. The van der Waals surface area contributed by atoms with Crippen molar-refractivity contribution in [3.05, 3.63) is 99.4 Å². The maximum Gasteiger partial charge on any atom is 0.341 e. The maximum absolute atomic E-state index is 12.1. The van der Waals surface area contributed by atoms with Crippen LogP contribution in [0, 0.1) is 10.1 Å². The van der Waals surface area contributed by atoms with E-state index in [9.17, 15) is 14.9 Å². The Kier molecular flexibility index (Phi) is 6.89. The van der Waals surface area contributed by atoms with Crippen LogP contribution in [0.5, 0.6) is 11.5 Å². The molecule has 4 rings (SSSR count). The lowest BCUT2D eigenvalue weighted by atomic mass is 10.1. The van der Waals surface area contributed by atoms with E-state index < -0.39 is 10.9 Å². The van der Waals surface area contributed by atoms with Crippen molar-refractivity contribution >= 4 is 34.3 Å². The normalized spacial score (nSPS) is 10.7. The van der Waals surface area contributed by atoms with Gasteiger partial charge in [0.1, 0.15) is 17.1 Å². The lowest BCUT2D eigenvalue weighted by molar-refractivity contribution is -0.384. The van der Waals surface area contributed by atoms with Gasteiger partial charge in [-0.3, -0.25) is 15.5 Å². The molecule has 0 aliphatic carbocycles. The first-order chi connectivity index (χ1) is 16.5. The van der Waals surface area contributed by atoms with E-state index in [2.05, 4.69) is 15.5 Å². The summed E-state index contributed by atoms with van der Waals surface area (Å²) in [5.41, 5.74) is 5.25. The summed E-state index contributed by atoms with van der Waals surface area (Å²) in [5, 5.41) is 17.9. The van der Waals surface area contributed by atoms with Crippen molar-refractivity contribution in [3.8, 4) is 22.8 Å². The van der Waals surface area contributed by atoms with Crippen LogP contribution in [0.2, 0.25) is 0 Å². The molecule has 0 radical (unpaired) electrons. The molecule has 0 saturated heterocycles. The molecule has 34 heavy (non-hydrogen) atoms. The fraction of sp³-hybridized carbons (Fsp3) is 0.0417. The molecule has 0 amide bonds. The van der Waals surface area contributed by atoms with Crippen molar-refractivity contribution < 1.29 is 19.2 Å². The van der Waals surface area contributed by atoms with E-state index in [4.69, 9.17) is 9.47 Å². The molecule has 170 valence electrons. The number of carbonyl (C=O) groups excluding carboxylic acids is 1. The summed E-state index contributed by atoms with van der Waals surface area (Å²) in [4.78, 5) is 27.0. The minimum atomic E-state index is -0.737. The number of hydrogen-bond acceptors (Lipinski definition) is 9. The Balaban J connectivity index is 1.47. The van der Waals surface area contributed by atoms with Crippen molar-refractivity contribution in [3.63, 3.8) is 0 Å². The molecule has 0 saturated carbocycles. The van der Waals surface area contributed by atoms with Gasteiger partial charge in [-0.15, -0.1) is 11.3 Å². The summed E-state index contributed by atoms with van der Waals surface area (Å²) < 4.78 is 10.5. The molecule has 0 bridgehead atoms. The number of nitrogens with one attached hydrogen (secondary N) is 1. The molecule has 0 spiro atoms. The second-order valence-electron chi connectivity index (χ2n) is 6.88. The highest BCUT2D eigenvalue weighted by atomic mass is 32.1. The van der Waals surface area contributed by atoms with Crippen molar-refractivity contribution in [2.24, 2.45) is 5.10 Å². The van der Waals surface area contributed by atoms with Gasteiger partial charge in [-0.05, 0) is 23.8 Å². The molecular formula is C24H18N4O5S. The molecule has 9 nitrogen and oxygen atoms in total. The number of thiazole rings is 1. The van der Waals surface area contributed by atoms with E-state index in [1.54, 1.807) is 24.4 Å². The quantitative estimate of drug-likeness (QED) is 0.150. The molecule has 1 heterocycles. The number of carbonyl (C=O) groups is 1. The average molecular weight is 474 g/mol. The second kappa shape index (κ2) is 10.4. The van der Waals surface area contributed by atoms with E-state index in [0.717, 1.165) is 22.9 Å². The number of non-ortho nitro benzene ring substituents is 1. The number of methoxy groups -OCH3 is 1. The standard InChI is InChI=1S/C24H18N4O5S/c1-32-23(29)20-13-18(28(30)31)10-11-22(20)33-19-9-5-6-16(12-19)14-25-27-24-26-21(15-34-24)17-7-3-2-4-8-17/h2-15H,1H3,(H,26,27). The zero-order chi connectivity index (χ0) is 23.9. The monoisotopic (exact) mass is 474 g/mol. The molecule has 0 unspecified atom stereocenters. The predicted octanol–water partition coefficient (Wildman–Crippen LogP) is 5.74. The van der Waals surface area contributed by atoms with Crippen molar-refractivity contribution in [1.29, 1.82) is 0 Å². The van der Waals surface area contributed by atoms with Crippen LogP contribution in [0.1, 0.15) is 15.9 Å². The Bertz CT molecular complexity index is 1350. The Hall–Kier alpha value is -4.57. The van der Waals surface area contributed by atoms with Gasteiger partial charge in [-0.2, -0.15) is 5.10 Å². The first-order valence-corrected chi connectivity index (χ1v) is 10.9. The summed E-state index contributed by atoms with van der Waals surface area (Å²) >= 11 is 1.44. The molecule has 4 aromatic rings. The number of hydrazone groups is 1. The SMILES string of the molecule is COC(=O)c1cc([N+](=O)[O-])ccc1Oc1cccc(C=NNc2nc(-c3ccccc3)cs2)c1. The lowest BCUT2D eigenvalue weighted by Crippen LogP contribution is -2.05. The number of nitrogens with zero attached hydrogens (tertiary/aromatic N) is 3. The fourth-order valence-corrected chi connectivity index (χ4v) is 3.67. The highest BCUT2D eigenvalue weighted by Crippen LogP contribution is 2.30. The summed E-state index contributed by atoms with van der Waals surface area (Å²) in [6, 6.07) is 20.6. The minimum Gasteiger partial charge on any atom is -0.465 e. The topological polar surface area (TPSA) is 116 Å². The van der Waals surface area contributed by atoms with Gasteiger partial charge in [0.05, 0.1) is 23.9 Å². The van der Waals surface area contributed by atoms with Gasteiger partial charge in [0.15, 0.2) is 0 Å². The number of rotatable bonds is 8. The number of anilines is 1. The first kappa shape index (κ1) is 22.6. The zero-order valence-corrected chi connectivity index (χ0v) is 18.7. The Morgan fingerprint density at radius 1 is 1.12 bits per heavy atom. The van der Waals surface area contributed by atoms with Crippen LogP contribution in [-0.4, -0.2) is 29.2 Å². The first-order valence-electron chi connectivity index (χ1n) is 9.98. The van der Waals surface area contributed by atoms with Crippen LogP contribution in [-0.2, 0) is 4.74 Å². The van der Waals surface area contributed by atoms with Crippen LogP contribution in [0.4, 0.5) is 10.8 Å². The molecule has 10 heteroatoms. The summed E-state index contributed by atoms with van der Waals surface area (Å²) in [7, 11) is 1.19. The molecule has 0 aliphatic heterocycles. The smallest absolute Gasteiger partial charge is 0.341 e. The predicted molar refractivity (Wildman–Crippen MR) is 130 cm³/mol. The number of aromatic nitrogens is 1. The Morgan fingerprint density at radius 2 is 1.94 bits per heavy atom. The highest BCUT2D eigenvalue weighted by Gasteiger charge is 2.19. The van der Waals surface area contributed by atoms with Gasteiger partial charge in [0.2, 0.25) is 5.13 Å². The molecule has 0 aliphatic rings. The van der Waals surface area contributed by atoms with Gasteiger partial charge in [-0.1, -0.05) is 42.5 Å². The number of benzene rings is 3. The Labute approximate surface area is 198 Å². The molecule has 1 N–H and O–H groups in total. The Morgan fingerprint density at radius 3 is 2.71 bits per heavy atom. The lowest BCUT2D eigenvalue weighted by Gasteiger charge is -2.10. The third-order valence-corrected chi connectivity index (χ3v) is 5.36.